The van der Waals surface area contributed by atoms with Crippen LogP contribution < -0.4 is 9.80 Å². The molecule has 0 unspecified atom stereocenters. The Labute approximate surface area is 225 Å². The fourth-order valence-electron chi connectivity index (χ4n) is 4.66. The maximum atomic E-state index is 13.9. The van der Waals surface area contributed by atoms with Crippen LogP contribution in [0.4, 0.5) is 37.7 Å². The third-order valence-corrected chi connectivity index (χ3v) is 6.53. The zero-order valence-corrected chi connectivity index (χ0v) is 20.6. The Bertz CT molecular complexity index is 1480. The minimum absolute atomic E-state index is 0.0734. The molecule has 0 spiro atoms. The first-order valence-corrected chi connectivity index (χ1v) is 12.1. The van der Waals surface area contributed by atoms with Crippen LogP contribution in [0.1, 0.15) is 43.0 Å². The van der Waals surface area contributed by atoms with E-state index in [0.717, 1.165) is 24.3 Å². The molecule has 5 rings (SSSR count). The van der Waals surface area contributed by atoms with Crippen molar-refractivity contribution in [1.82, 2.24) is 0 Å². The lowest BCUT2D eigenvalue weighted by atomic mass is 10.0. The van der Waals surface area contributed by atoms with Gasteiger partial charge in [-0.3, -0.25) is 9.59 Å². The molecule has 4 aromatic carbocycles. The molecule has 204 valence electrons. The number of hydrogen-bond donors (Lipinski definition) is 0. The molecule has 2 amide bonds. The van der Waals surface area contributed by atoms with Gasteiger partial charge in [0.25, 0.3) is 11.8 Å². The summed E-state index contributed by atoms with van der Waals surface area (Å²) in [5, 5.41) is 0. The van der Waals surface area contributed by atoms with Crippen molar-refractivity contribution >= 4 is 23.2 Å². The van der Waals surface area contributed by atoms with Gasteiger partial charge in [-0.05, 0) is 59.7 Å². The Kier molecular flexibility index (Phi) is 6.87. The molecule has 1 heterocycles. The van der Waals surface area contributed by atoms with E-state index in [-0.39, 0.29) is 46.7 Å². The van der Waals surface area contributed by atoms with Crippen LogP contribution in [-0.2, 0) is 25.4 Å². The first-order valence-electron chi connectivity index (χ1n) is 12.1. The van der Waals surface area contributed by atoms with Crippen LogP contribution in [0.25, 0.3) is 0 Å². The quantitative estimate of drug-likeness (QED) is 0.242. The second kappa shape index (κ2) is 10.2. The van der Waals surface area contributed by atoms with Crippen molar-refractivity contribution in [1.29, 1.82) is 0 Å². The van der Waals surface area contributed by atoms with Gasteiger partial charge in [0, 0.05) is 0 Å². The Balaban J connectivity index is 1.61. The van der Waals surface area contributed by atoms with Crippen LogP contribution in [0.15, 0.2) is 97.1 Å². The number of benzene rings is 4. The molecule has 0 radical (unpaired) electrons. The fourth-order valence-corrected chi connectivity index (χ4v) is 4.66. The Hall–Kier alpha value is -4.60. The maximum Gasteiger partial charge on any atom is 0.416 e. The number of carbonyl (C=O) groups is 2. The minimum Gasteiger partial charge on any atom is -0.303 e. The van der Waals surface area contributed by atoms with E-state index in [9.17, 15) is 35.9 Å². The van der Waals surface area contributed by atoms with Gasteiger partial charge < -0.3 is 9.80 Å². The Morgan fingerprint density at radius 2 is 0.875 bits per heavy atom. The number of nitrogens with zero attached hydrogens (tertiary/aromatic N) is 2. The molecule has 0 fully saturated rings. The van der Waals surface area contributed by atoms with Crippen LogP contribution >= 0.6 is 0 Å². The van der Waals surface area contributed by atoms with E-state index >= 15 is 0 Å². The van der Waals surface area contributed by atoms with Crippen LogP contribution in [0.3, 0.4) is 0 Å². The highest BCUT2D eigenvalue weighted by Gasteiger charge is 2.35. The van der Waals surface area contributed by atoms with Gasteiger partial charge >= 0.3 is 12.4 Å². The van der Waals surface area contributed by atoms with Crippen molar-refractivity contribution in [3.05, 3.63) is 130 Å². The lowest BCUT2D eigenvalue weighted by Crippen LogP contribution is -2.40. The fraction of sp³-hybridized carbons (Fsp3) is 0.133. The normalized spacial score (nSPS) is 13.9. The van der Waals surface area contributed by atoms with Crippen LogP contribution in [0, 0.1) is 0 Å². The second-order valence-corrected chi connectivity index (χ2v) is 9.21. The van der Waals surface area contributed by atoms with Gasteiger partial charge in [0.2, 0.25) is 0 Å². The van der Waals surface area contributed by atoms with Gasteiger partial charge in [0.1, 0.15) is 0 Å². The van der Waals surface area contributed by atoms with Crippen molar-refractivity contribution in [2.75, 3.05) is 9.80 Å². The van der Waals surface area contributed by atoms with Crippen molar-refractivity contribution in [3.8, 4) is 0 Å². The van der Waals surface area contributed by atoms with Gasteiger partial charge in [-0.25, -0.2) is 0 Å². The topological polar surface area (TPSA) is 40.6 Å². The molecule has 1 aliphatic heterocycles. The number of halogens is 6. The van der Waals surface area contributed by atoms with Gasteiger partial charge in [0.05, 0.1) is 46.7 Å². The minimum atomic E-state index is -4.58. The second-order valence-electron chi connectivity index (χ2n) is 9.21. The number of anilines is 2. The SMILES string of the molecule is O=C1c2ccccc2N(Cc2cccc(C(F)(F)F)c2)C(=O)c2ccccc2N1Cc1cccc(C(F)(F)F)c1. The standard InChI is InChI=1S/C30H20F6N2O2/c31-29(32,33)21-9-5-7-19(15-21)17-37-25-13-3-1-11-23(25)27(39)38(26-14-4-2-12-24(26)28(37)40)18-20-8-6-10-22(16-20)30(34,35)36/h1-16H,17-18H2. The monoisotopic (exact) mass is 554 g/mol. The summed E-state index contributed by atoms with van der Waals surface area (Å²) in [5.41, 5.74) is -0.873. The smallest absolute Gasteiger partial charge is 0.303 e. The van der Waals surface area contributed by atoms with Crippen molar-refractivity contribution < 1.29 is 35.9 Å². The number of fused-ring (bicyclic) bond motifs is 2. The largest absolute Gasteiger partial charge is 0.416 e. The molecule has 0 atom stereocenters. The van der Waals surface area contributed by atoms with E-state index in [1.165, 1.54) is 58.3 Å². The van der Waals surface area contributed by atoms with E-state index in [4.69, 9.17) is 0 Å². The van der Waals surface area contributed by atoms with Gasteiger partial charge in [-0.15, -0.1) is 0 Å². The van der Waals surface area contributed by atoms with E-state index < -0.39 is 35.3 Å². The molecule has 0 N–H and O–H groups in total. The summed E-state index contributed by atoms with van der Waals surface area (Å²) < 4.78 is 80.1. The maximum absolute atomic E-state index is 13.9. The predicted octanol–water partition coefficient (Wildman–Crippen LogP) is 7.73. The molecule has 4 aromatic rings. The summed E-state index contributed by atoms with van der Waals surface area (Å²) in [4.78, 5) is 30.4. The lowest BCUT2D eigenvalue weighted by molar-refractivity contribution is -0.138. The highest BCUT2D eigenvalue weighted by molar-refractivity contribution is 6.20. The van der Waals surface area contributed by atoms with Crippen LogP contribution in [-0.4, -0.2) is 11.8 Å². The van der Waals surface area contributed by atoms with Gasteiger partial charge in [-0.2, -0.15) is 26.3 Å². The van der Waals surface area contributed by atoms with Crippen molar-refractivity contribution in [3.63, 3.8) is 0 Å². The van der Waals surface area contributed by atoms with Crippen molar-refractivity contribution in [2.24, 2.45) is 0 Å². The van der Waals surface area contributed by atoms with E-state index in [1.54, 1.807) is 24.3 Å². The molecular formula is C30H20F6N2O2. The summed E-state index contributed by atoms with van der Waals surface area (Å²) in [6.07, 6.45) is -9.17. The Morgan fingerprint density at radius 3 is 1.25 bits per heavy atom. The summed E-state index contributed by atoms with van der Waals surface area (Å²) in [5.74, 6) is -1.16. The highest BCUT2D eigenvalue weighted by Crippen LogP contribution is 2.36. The van der Waals surface area contributed by atoms with Gasteiger partial charge in [-0.1, -0.05) is 48.5 Å². The van der Waals surface area contributed by atoms with Crippen LogP contribution in [0.2, 0.25) is 0 Å². The number of amides is 2. The summed E-state index contributed by atoms with van der Waals surface area (Å²) in [6, 6.07) is 21.4. The van der Waals surface area contributed by atoms with Crippen LogP contribution in [0.5, 0.6) is 0 Å². The average molecular weight is 554 g/mol. The van der Waals surface area contributed by atoms with Crippen molar-refractivity contribution in [2.45, 2.75) is 25.4 Å². The summed E-state index contributed by atoms with van der Waals surface area (Å²) in [7, 11) is 0. The highest BCUT2D eigenvalue weighted by atomic mass is 19.4. The third-order valence-electron chi connectivity index (χ3n) is 6.53. The lowest BCUT2D eigenvalue weighted by Gasteiger charge is -2.33. The molecule has 0 aliphatic carbocycles. The number of hydrogen-bond acceptors (Lipinski definition) is 2. The number of para-hydroxylation sites is 2. The van der Waals surface area contributed by atoms with Gasteiger partial charge in [0.15, 0.2) is 0 Å². The molecule has 1 aliphatic rings. The van der Waals surface area contributed by atoms with E-state index in [0.29, 0.717) is 0 Å². The first kappa shape index (κ1) is 27.0. The zero-order chi connectivity index (χ0) is 28.7. The molecule has 0 aromatic heterocycles. The van der Waals surface area contributed by atoms with E-state index in [1.807, 2.05) is 0 Å². The number of carbonyl (C=O) groups excluding carboxylic acids is 2. The third kappa shape index (κ3) is 5.29. The molecular weight excluding hydrogens is 534 g/mol. The first-order chi connectivity index (χ1) is 18.9. The molecule has 0 bridgehead atoms. The molecule has 0 saturated carbocycles. The number of alkyl halides is 6. The molecule has 40 heavy (non-hydrogen) atoms. The van der Waals surface area contributed by atoms with E-state index in [2.05, 4.69) is 0 Å². The summed E-state index contributed by atoms with van der Waals surface area (Å²) in [6.45, 7) is -0.510. The summed E-state index contributed by atoms with van der Waals surface area (Å²) >= 11 is 0. The Morgan fingerprint density at radius 1 is 0.500 bits per heavy atom. The zero-order valence-electron chi connectivity index (χ0n) is 20.6. The molecule has 4 nitrogen and oxygen atoms in total. The molecule has 0 saturated heterocycles. The predicted molar refractivity (Wildman–Crippen MR) is 137 cm³/mol. The number of rotatable bonds is 4. The molecule has 10 heteroatoms. The average Bonchev–Trinajstić information content (AvgIpc) is 2.93.